The molecule has 0 N–H and O–H groups in total. The van der Waals surface area contributed by atoms with Crippen molar-refractivity contribution in [2.45, 2.75) is 30.4 Å². The van der Waals surface area contributed by atoms with Crippen LogP contribution in [0.4, 0.5) is 0 Å². The highest BCUT2D eigenvalue weighted by Gasteiger charge is 2.60. The molecular formula is C10H19Cl2N2O3P. The van der Waals surface area contributed by atoms with Crippen LogP contribution >= 0.6 is 30.6 Å². The molecule has 0 spiro atoms. The molecule has 0 saturated carbocycles. The zero-order valence-corrected chi connectivity index (χ0v) is 13.4. The van der Waals surface area contributed by atoms with E-state index in [0.717, 1.165) is 0 Å². The third-order valence-electron chi connectivity index (χ3n) is 3.17. The maximum absolute atomic E-state index is 12.9. The molecule has 1 aliphatic heterocycles. The molecule has 0 radical (unpaired) electrons. The normalized spacial score (nSPS) is 23.0. The molecule has 18 heavy (non-hydrogen) atoms. The minimum Gasteiger partial charge on any atom is -0.460 e. The molecule has 0 aromatic rings. The van der Waals surface area contributed by atoms with Gasteiger partial charge in [0.1, 0.15) is 0 Å². The lowest BCUT2D eigenvalue weighted by Gasteiger charge is -2.33. The first kappa shape index (κ1) is 16.3. The van der Waals surface area contributed by atoms with E-state index in [9.17, 15) is 9.36 Å². The van der Waals surface area contributed by atoms with Crippen molar-refractivity contribution >= 4 is 36.6 Å². The van der Waals surface area contributed by atoms with Crippen molar-refractivity contribution < 1.29 is 14.1 Å². The summed E-state index contributed by atoms with van der Waals surface area (Å²) in [5, 5.41) is 0. The van der Waals surface area contributed by atoms with Gasteiger partial charge in [0, 0.05) is 13.1 Å². The Morgan fingerprint density at radius 1 is 1.39 bits per heavy atom. The smallest absolute Gasteiger partial charge is 0.353 e. The van der Waals surface area contributed by atoms with E-state index < -0.39 is 17.5 Å². The minimum atomic E-state index is -3.35. The summed E-state index contributed by atoms with van der Waals surface area (Å²) >= 11 is 12.1. The number of carbonyl (C=O) groups excluding carboxylic acids is 1. The van der Waals surface area contributed by atoms with Crippen LogP contribution in [-0.2, 0) is 14.1 Å². The predicted molar refractivity (Wildman–Crippen MR) is 73.1 cm³/mol. The summed E-state index contributed by atoms with van der Waals surface area (Å²) in [5.74, 6) is -0.843. The number of ether oxygens (including phenoxy) is 1. The first-order valence-electron chi connectivity index (χ1n) is 5.80. The number of rotatable bonds is 4. The number of halogens is 2. The van der Waals surface area contributed by atoms with Crippen molar-refractivity contribution in [1.29, 1.82) is 0 Å². The number of esters is 1. The summed E-state index contributed by atoms with van der Waals surface area (Å²) in [4.78, 5) is 12.0. The number of hydrogen-bond acceptors (Lipinski definition) is 3. The zero-order chi connectivity index (χ0) is 14.1. The molecule has 0 aromatic carbocycles. The average molecular weight is 317 g/mol. The van der Waals surface area contributed by atoms with Gasteiger partial charge in [0.2, 0.25) is 0 Å². The molecule has 0 bridgehead atoms. The van der Waals surface area contributed by atoms with Crippen LogP contribution in [-0.4, -0.2) is 52.7 Å². The summed E-state index contributed by atoms with van der Waals surface area (Å²) in [6, 6.07) is 0. The Labute approximate surface area is 118 Å². The van der Waals surface area contributed by atoms with E-state index in [1.165, 1.54) is 9.34 Å². The first-order valence-corrected chi connectivity index (χ1v) is 8.17. The van der Waals surface area contributed by atoms with Gasteiger partial charge in [-0.1, -0.05) is 30.1 Å². The Morgan fingerprint density at radius 3 is 2.22 bits per heavy atom. The van der Waals surface area contributed by atoms with E-state index in [-0.39, 0.29) is 6.10 Å². The molecule has 0 aromatic heterocycles. The summed E-state index contributed by atoms with van der Waals surface area (Å²) in [7, 11) is -0.0765. The van der Waals surface area contributed by atoms with Crippen LogP contribution < -0.4 is 0 Å². The Balaban J connectivity index is 2.98. The van der Waals surface area contributed by atoms with Gasteiger partial charge in [0.25, 0.3) is 11.5 Å². The fraction of sp³-hybridized carbons (Fsp3) is 0.900. The predicted octanol–water partition coefficient (Wildman–Crippen LogP) is 2.53. The Morgan fingerprint density at radius 2 is 1.83 bits per heavy atom. The van der Waals surface area contributed by atoms with Crippen LogP contribution in [0, 0.1) is 0 Å². The van der Waals surface area contributed by atoms with Crippen molar-refractivity contribution in [2.75, 3.05) is 27.2 Å². The van der Waals surface area contributed by atoms with Crippen LogP contribution in [0.15, 0.2) is 0 Å². The fourth-order valence-electron chi connectivity index (χ4n) is 1.71. The van der Waals surface area contributed by atoms with E-state index in [1.807, 2.05) is 6.92 Å². The highest BCUT2D eigenvalue weighted by Crippen LogP contribution is 2.68. The van der Waals surface area contributed by atoms with Gasteiger partial charge in [-0.15, -0.1) is 0 Å². The highest BCUT2D eigenvalue weighted by molar-refractivity contribution is 7.66. The van der Waals surface area contributed by atoms with Gasteiger partial charge in [0.05, 0.1) is 6.10 Å². The molecule has 1 rings (SSSR count). The maximum Gasteiger partial charge on any atom is 0.353 e. The van der Waals surface area contributed by atoms with Gasteiger partial charge in [0.15, 0.2) is 0 Å². The second-order valence-electron chi connectivity index (χ2n) is 4.47. The Bertz CT molecular complexity index is 364. The monoisotopic (exact) mass is 316 g/mol. The molecule has 1 heterocycles. The van der Waals surface area contributed by atoms with Gasteiger partial charge in [-0.25, -0.2) is 14.1 Å². The highest BCUT2D eigenvalue weighted by atomic mass is 35.5. The molecular weight excluding hydrogens is 298 g/mol. The standard InChI is InChI=1S/C10H19Cl2N2O3P/c1-5-8(2)17-9(15)10(11,12)18(16)13(3)6-7-14(18)4/h8H,5-7H2,1-4H3. The first-order chi connectivity index (χ1) is 8.17. The minimum absolute atomic E-state index is 0.306. The summed E-state index contributed by atoms with van der Waals surface area (Å²) in [6.45, 7) is 4.70. The SMILES string of the molecule is CCC(C)OC(=O)C(Cl)(Cl)P1(=O)N(C)CCN1C. The molecule has 1 aliphatic rings. The van der Waals surface area contributed by atoms with E-state index in [4.69, 9.17) is 27.9 Å². The van der Waals surface area contributed by atoms with Crippen molar-refractivity contribution in [3.8, 4) is 0 Å². The molecule has 8 heteroatoms. The second kappa shape index (κ2) is 5.68. The molecule has 1 fully saturated rings. The number of hydrogen-bond donors (Lipinski definition) is 0. The number of alkyl halides is 2. The molecule has 0 amide bonds. The van der Waals surface area contributed by atoms with E-state index >= 15 is 0 Å². The third kappa shape index (κ3) is 2.56. The lowest BCUT2D eigenvalue weighted by atomic mass is 10.3. The zero-order valence-electron chi connectivity index (χ0n) is 11.0. The quantitative estimate of drug-likeness (QED) is 0.453. The van der Waals surface area contributed by atoms with Gasteiger partial charge < -0.3 is 4.74 Å². The van der Waals surface area contributed by atoms with Gasteiger partial charge in [-0.05, 0) is 27.4 Å². The van der Waals surface area contributed by atoms with Gasteiger partial charge in [-0.2, -0.15) is 0 Å². The summed E-state index contributed by atoms with van der Waals surface area (Å²) in [5.41, 5.74) is 0. The van der Waals surface area contributed by atoms with E-state index in [0.29, 0.717) is 19.5 Å². The van der Waals surface area contributed by atoms with Crippen LogP contribution in [0.2, 0.25) is 0 Å². The molecule has 0 aliphatic carbocycles. The van der Waals surface area contributed by atoms with Crippen molar-refractivity contribution in [3.63, 3.8) is 0 Å². The summed E-state index contributed by atoms with van der Waals surface area (Å²) < 4.78 is 19.0. The van der Waals surface area contributed by atoms with Crippen molar-refractivity contribution in [1.82, 2.24) is 9.34 Å². The number of carbonyl (C=O) groups is 1. The van der Waals surface area contributed by atoms with Crippen LogP contribution in [0.25, 0.3) is 0 Å². The largest absolute Gasteiger partial charge is 0.460 e. The molecule has 1 unspecified atom stereocenters. The molecule has 1 atom stereocenters. The van der Waals surface area contributed by atoms with Crippen LogP contribution in [0.1, 0.15) is 20.3 Å². The molecule has 5 nitrogen and oxygen atoms in total. The lowest BCUT2D eigenvalue weighted by Crippen LogP contribution is -2.37. The fourth-order valence-corrected chi connectivity index (χ4v) is 5.73. The third-order valence-corrected chi connectivity index (χ3v) is 7.96. The Kier molecular flexibility index (Phi) is 5.13. The maximum atomic E-state index is 12.9. The lowest BCUT2D eigenvalue weighted by molar-refractivity contribution is -0.147. The average Bonchev–Trinajstić information content (AvgIpc) is 2.57. The summed E-state index contributed by atoms with van der Waals surface area (Å²) in [6.07, 6.45) is 0.338. The van der Waals surface area contributed by atoms with Crippen molar-refractivity contribution in [3.05, 3.63) is 0 Å². The number of likely N-dealkylation sites (N-methyl/N-ethyl adjacent to an activating group) is 2. The number of nitrogens with zero attached hydrogens (tertiary/aromatic N) is 2. The topological polar surface area (TPSA) is 49.9 Å². The van der Waals surface area contributed by atoms with Crippen LogP contribution in [0.3, 0.4) is 0 Å². The van der Waals surface area contributed by atoms with E-state index in [2.05, 4.69) is 0 Å². The second-order valence-corrected chi connectivity index (χ2v) is 9.45. The van der Waals surface area contributed by atoms with Crippen molar-refractivity contribution in [2.24, 2.45) is 0 Å². The molecule has 106 valence electrons. The van der Waals surface area contributed by atoms with Gasteiger partial charge >= 0.3 is 5.97 Å². The van der Waals surface area contributed by atoms with Gasteiger partial charge in [-0.3, -0.25) is 4.57 Å². The molecule has 1 saturated heterocycles. The Hall–Kier alpha value is 0.200. The van der Waals surface area contributed by atoms with E-state index in [1.54, 1.807) is 21.0 Å². The van der Waals surface area contributed by atoms with Crippen LogP contribution in [0.5, 0.6) is 0 Å².